The molecule has 1 aromatic heterocycles. The molecule has 0 saturated heterocycles. The monoisotopic (exact) mass is 328 g/mol. The summed E-state index contributed by atoms with van der Waals surface area (Å²) >= 11 is 0. The molecular weight excluding hydrogens is 304 g/mol. The lowest BCUT2D eigenvalue weighted by Gasteiger charge is -2.22. The molecule has 0 aliphatic rings. The number of rotatable bonds is 9. The van der Waals surface area contributed by atoms with E-state index >= 15 is 0 Å². The van der Waals surface area contributed by atoms with E-state index in [2.05, 4.69) is 12.2 Å². The van der Waals surface area contributed by atoms with Crippen LogP contribution < -0.4 is 5.32 Å². The summed E-state index contributed by atoms with van der Waals surface area (Å²) in [4.78, 5) is 26.0. The van der Waals surface area contributed by atoms with Crippen molar-refractivity contribution in [2.24, 2.45) is 0 Å². The molecule has 5 nitrogen and oxygen atoms in total. The number of hydrogen-bond donors (Lipinski definition) is 1. The van der Waals surface area contributed by atoms with Gasteiger partial charge in [0, 0.05) is 26.1 Å². The van der Waals surface area contributed by atoms with E-state index in [-0.39, 0.29) is 17.6 Å². The van der Waals surface area contributed by atoms with Crippen LogP contribution in [0.25, 0.3) is 0 Å². The first-order valence-electron chi connectivity index (χ1n) is 8.34. The molecule has 128 valence electrons. The van der Waals surface area contributed by atoms with Gasteiger partial charge in [0.2, 0.25) is 5.91 Å². The number of benzene rings is 1. The summed E-state index contributed by atoms with van der Waals surface area (Å²) in [6, 6.07) is 13.3. The Morgan fingerprint density at radius 2 is 1.92 bits per heavy atom. The Balaban J connectivity index is 1.75. The minimum absolute atomic E-state index is 0.118. The highest BCUT2D eigenvalue weighted by Gasteiger charge is 2.13. The van der Waals surface area contributed by atoms with Gasteiger partial charge in [-0.15, -0.1) is 0 Å². The zero-order chi connectivity index (χ0) is 17.2. The third kappa shape index (κ3) is 5.57. The van der Waals surface area contributed by atoms with Crippen molar-refractivity contribution in [3.8, 4) is 0 Å². The lowest BCUT2D eigenvalue weighted by molar-refractivity contribution is -0.131. The zero-order valence-corrected chi connectivity index (χ0v) is 14.0. The molecule has 0 radical (unpaired) electrons. The molecular formula is C19H24N2O3. The molecule has 2 amide bonds. The number of carbonyl (C=O) groups is 2. The maximum atomic E-state index is 12.4. The lowest BCUT2D eigenvalue weighted by atomic mass is 10.2. The molecule has 24 heavy (non-hydrogen) atoms. The third-order valence-corrected chi connectivity index (χ3v) is 3.66. The molecule has 1 N–H and O–H groups in total. The Morgan fingerprint density at radius 3 is 2.58 bits per heavy atom. The van der Waals surface area contributed by atoms with Crippen molar-refractivity contribution in [2.45, 2.75) is 32.7 Å². The van der Waals surface area contributed by atoms with Crippen molar-refractivity contribution in [3.05, 3.63) is 60.1 Å². The summed E-state index contributed by atoms with van der Waals surface area (Å²) in [5.41, 5.74) is 1.13. The van der Waals surface area contributed by atoms with Crippen LogP contribution in [0.3, 0.4) is 0 Å². The molecule has 1 heterocycles. The summed E-state index contributed by atoms with van der Waals surface area (Å²) in [5.74, 6) is 0.160. The van der Waals surface area contributed by atoms with Crippen LogP contribution in [0.5, 0.6) is 0 Å². The van der Waals surface area contributed by atoms with Crippen molar-refractivity contribution in [3.63, 3.8) is 0 Å². The molecule has 5 heteroatoms. The number of amides is 2. The van der Waals surface area contributed by atoms with E-state index in [1.54, 1.807) is 12.1 Å². The standard InChI is InChI=1S/C19H24N2O3/c1-2-13-21(15-16-8-4-3-5-9-16)18(22)11-6-12-20-19(23)17-10-7-14-24-17/h3-5,7-10,14H,2,6,11-13,15H2,1H3,(H,20,23). The van der Waals surface area contributed by atoms with Gasteiger partial charge in [-0.3, -0.25) is 9.59 Å². The molecule has 0 aliphatic carbocycles. The van der Waals surface area contributed by atoms with Crippen molar-refractivity contribution >= 4 is 11.8 Å². The molecule has 0 saturated carbocycles. The number of hydrogen-bond acceptors (Lipinski definition) is 3. The smallest absolute Gasteiger partial charge is 0.286 e. The molecule has 1 aromatic carbocycles. The van der Waals surface area contributed by atoms with Gasteiger partial charge in [-0.05, 0) is 30.5 Å². The predicted octanol–water partition coefficient (Wildman–Crippen LogP) is 3.23. The molecule has 0 fully saturated rings. The van der Waals surface area contributed by atoms with E-state index in [1.165, 1.54) is 6.26 Å². The van der Waals surface area contributed by atoms with E-state index in [0.717, 1.165) is 18.5 Å². The van der Waals surface area contributed by atoms with Crippen LogP contribution in [0, 0.1) is 0 Å². The van der Waals surface area contributed by atoms with Crippen molar-refractivity contribution in [2.75, 3.05) is 13.1 Å². The maximum absolute atomic E-state index is 12.4. The van der Waals surface area contributed by atoms with Gasteiger partial charge in [-0.1, -0.05) is 37.3 Å². The van der Waals surface area contributed by atoms with E-state index < -0.39 is 0 Å². The molecule has 2 rings (SSSR count). The first-order chi connectivity index (χ1) is 11.7. The van der Waals surface area contributed by atoms with E-state index in [9.17, 15) is 9.59 Å². The Hall–Kier alpha value is -2.56. The number of carbonyl (C=O) groups excluding carboxylic acids is 2. The summed E-state index contributed by atoms with van der Waals surface area (Å²) < 4.78 is 5.02. The van der Waals surface area contributed by atoms with Gasteiger partial charge in [0.05, 0.1) is 6.26 Å². The SMILES string of the molecule is CCCN(Cc1ccccc1)C(=O)CCCNC(=O)c1ccco1. The fraction of sp³-hybridized carbons (Fsp3) is 0.368. The maximum Gasteiger partial charge on any atom is 0.286 e. The Morgan fingerprint density at radius 1 is 1.12 bits per heavy atom. The van der Waals surface area contributed by atoms with E-state index in [4.69, 9.17) is 4.42 Å². The van der Waals surface area contributed by atoms with E-state index in [1.807, 2.05) is 35.2 Å². The summed E-state index contributed by atoms with van der Waals surface area (Å²) in [6.07, 6.45) is 3.42. The van der Waals surface area contributed by atoms with Crippen LogP contribution in [0.2, 0.25) is 0 Å². The van der Waals surface area contributed by atoms with Crippen LogP contribution >= 0.6 is 0 Å². The normalized spacial score (nSPS) is 10.4. The lowest BCUT2D eigenvalue weighted by Crippen LogP contribution is -2.32. The fourth-order valence-corrected chi connectivity index (χ4v) is 2.46. The molecule has 0 aliphatic heterocycles. The Bertz CT molecular complexity index is 623. The zero-order valence-electron chi connectivity index (χ0n) is 14.0. The van der Waals surface area contributed by atoms with Crippen LogP contribution in [0.15, 0.2) is 53.1 Å². The van der Waals surface area contributed by atoms with Crippen molar-refractivity contribution in [1.82, 2.24) is 10.2 Å². The van der Waals surface area contributed by atoms with Gasteiger partial charge in [0.15, 0.2) is 5.76 Å². The molecule has 0 atom stereocenters. The van der Waals surface area contributed by atoms with E-state index in [0.29, 0.717) is 25.9 Å². The first-order valence-corrected chi connectivity index (χ1v) is 8.34. The third-order valence-electron chi connectivity index (χ3n) is 3.66. The molecule has 0 unspecified atom stereocenters. The second-order valence-corrected chi connectivity index (χ2v) is 5.64. The van der Waals surface area contributed by atoms with Gasteiger partial charge in [-0.2, -0.15) is 0 Å². The Labute approximate surface area is 142 Å². The number of nitrogens with zero attached hydrogens (tertiary/aromatic N) is 1. The molecule has 0 bridgehead atoms. The summed E-state index contributed by atoms with van der Waals surface area (Å²) in [7, 11) is 0. The quantitative estimate of drug-likeness (QED) is 0.719. The predicted molar refractivity (Wildman–Crippen MR) is 92.4 cm³/mol. The first kappa shape index (κ1) is 17.8. The minimum atomic E-state index is -0.248. The summed E-state index contributed by atoms with van der Waals surface area (Å²) in [5, 5.41) is 2.76. The van der Waals surface area contributed by atoms with Crippen LogP contribution in [0.4, 0.5) is 0 Å². The van der Waals surface area contributed by atoms with Gasteiger partial charge < -0.3 is 14.6 Å². The van der Waals surface area contributed by atoms with Crippen LogP contribution in [-0.2, 0) is 11.3 Å². The second kappa shape index (κ2) is 9.55. The largest absolute Gasteiger partial charge is 0.459 e. The van der Waals surface area contributed by atoms with Gasteiger partial charge >= 0.3 is 0 Å². The average Bonchev–Trinajstić information content (AvgIpc) is 3.13. The van der Waals surface area contributed by atoms with Crippen LogP contribution in [0.1, 0.15) is 42.3 Å². The number of nitrogens with one attached hydrogen (secondary N) is 1. The topological polar surface area (TPSA) is 62.6 Å². The second-order valence-electron chi connectivity index (χ2n) is 5.64. The van der Waals surface area contributed by atoms with Gasteiger partial charge in [0.25, 0.3) is 5.91 Å². The number of furan rings is 1. The molecule has 2 aromatic rings. The van der Waals surface area contributed by atoms with Crippen LogP contribution in [-0.4, -0.2) is 29.8 Å². The van der Waals surface area contributed by atoms with Crippen molar-refractivity contribution < 1.29 is 14.0 Å². The Kier molecular flexibility index (Phi) is 7.08. The molecule has 0 spiro atoms. The fourth-order valence-electron chi connectivity index (χ4n) is 2.46. The highest BCUT2D eigenvalue weighted by atomic mass is 16.3. The van der Waals surface area contributed by atoms with Gasteiger partial charge in [-0.25, -0.2) is 0 Å². The average molecular weight is 328 g/mol. The minimum Gasteiger partial charge on any atom is -0.459 e. The summed E-state index contributed by atoms with van der Waals surface area (Å²) in [6.45, 7) is 3.89. The van der Waals surface area contributed by atoms with Crippen molar-refractivity contribution in [1.29, 1.82) is 0 Å². The highest BCUT2D eigenvalue weighted by Crippen LogP contribution is 2.08. The van der Waals surface area contributed by atoms with Gasteiger partial charge in [0.1, 0.15) is 0 Å². The highest BCUT2D eigenvalue weighted by molar-refractivity contribution is 5.91.